The maximum Gasteiger partial charge on any atom is 0.0387 e. The van der Waals surface area contributed by atoms with Gasteiger partial charge in [0.25, 0.3) is 0 Å². The third kappa shape index (κ3) is 3.42. The summed E-state index contributed by atoms with van der Waals surface area (Å²) in [6, 6.07) is 33.9. The van der Waals surface area contributed by atoms with Crippen molar-refractivity contribution in [3.63, 3.8) is 0 Å². The summed E-state index contributed by atoms with van der Waals surface area (Å²) >= 11 is 1.88. The second-order valence-corrected chi connectivity index (χ2v) is 12.9. The standard InChI is InChI=1S/C34H31NS/c1-2-7-32-30(6-1)31-17-26(10-13-33(31)36-32)25-8-11-28(12-9-25)35-29-5-3-4-27(18-29)34-19-22-14-23(20-34)16-24(15-22)21-34/h1-13,17-18,22-24,35H,14-16,19-21H2. The summed E-state index contributed by atoms with van der Waals surface area (Å²) in [6.07, 6.45) is 8.75. The molecule has 0 saturated heterocycles. The molecule has 0 unspecified atom stereocenters. The first kappa shape index (κ1) is 21.0. The van der Waals surface area contributed by atoms with Crippen molar-refractivity contribution in [3.05, 3.63) is 96.6 Å². The lowest BCUT2D eigenvalue weighted by Crippen LogP contribution is -2.48. The smallest absolute Gasteiger partial charge is 0.0387 e. The van der Waals surface area contributed by atoms with E-state index in [1.807, 2.05) is 11.3 Å². The predicted octanol–water partition coefficient (Wildman–Crippen LogP) is 9.93. The van der Waals surface area contributed by atoms with Crippen molar-refractivity contribution in [2.45, 2.75) is 43.9 Å². The molecule has 178 valence electrons. The van der Waals surface area contributed by atoms with Crippen molar-refractivity contribution in [2.75, 3.05) is 5.32 Å². The van der Waals surface area contributed by atoms with Crippen LogP contribution >= 0.6 is 11.3 Å². The van der Waals surface area contributed by atoms with E-state index in [1.54, 1.807) is 5.56 Å². The Morgan fingerprint density at radius 1 is 0.583 bits per heavy atom. The molecule has 4 aromatic carbocycles. The molecule has 1 aromatic heterocycles. The van der Waals surface area contributed by atoms with Gasteiger partial charge in [-0.2, -0.15) is 0 Å². The van der Waals surface area contributed by atoms with E-state index in [-0.39, 0.29) is 0 Å². The molecule has 2 heteroatoms. The van der Waals surface area contributed by atoms with Crippen LogP contribution in [0.2, 0.25) is 0 Å². The highest BCUT2D eigenvalue weighted by molar-refractivity contribution is 7.25. The van der Waals surface area contributed by atoms with E-state index in [1.165, 1.54) is 75.5 Å². The minimum atomic E-state index is 0.445. The molecule has 4 fully saturated rings. The number of fused-ring (bicyclic) bond motifs is 3. The normalized spacial score (nSPS) is 26.6. The second kappa shape index (κ2) is 7.95. The van der Waals surface area contributed by atoms with Gasteiger partial charge in [0, 0.05) is 31.5 Å². The fourth-order valence-corrected chi connectivity index (χ4v) is 9.30. The molecule has 0 atom stereocenters. The van der Waals surface area contributed by atoms with Crippen molar-refractivity contribution in [3.8, 4) is 11.1 Å². The quantitative estimate of drug-likeness (QED) is 0.267. The zero-order valence-electron chi connectivity index (χ0n) is 20.5. The van der Waals surface area contributed by atoms with E-state index in [9.17, 15) is 0 Å². The fraction of sp³-hybridized carbons (Fsp3) is 0.294. The third-order valence-corrected chi connectivity index (χ3v) is 10.5. The third-order valence-electron chi connectivity index (χ3n) is 9.40. The van der Waals surface area contributed by atoms with E-state index in [4.69, 9.17) is 0 Å². The monoisotopic (exact) mass is 485 g/mol. The Bertz CT molecular complexity index is 1560. The Morgan fingerprint density at radius 3 is 2.06 bits per heavy atom. The van der Waals surface area contributed by atoms with Crippen LogP contribution in [0.3, 0.4) is 0 Å². The summed E-state index contributed by atoms with van der Waals surface area (Å²) in [5.41, 5.74) is 6.95. The highest BCUT2D eigenvalue weighted by Gasteiger charge is 2.51. The van der Waals surface area contributed by atoms with E-state index in [2.05, 4.69) is 96.3 Å². The first-order valence-electron chi connectivity index (χ1n) is 13.6. The molecule has 1 nitrogen and oxygen atoms in total. The Balaban J connectivity index is 1.06. The first-order chi connectivity index (χ1) is 17.7. The molecule has 0 amide bonds. The van der Waals surface area contributed by atoms with Gasteiger partial charge in [0.15, 0.2) is 0 Å². The summed E-state index contributed by atoms with van der Waals surface area (Å²) in [5, 5.41) is 6.42. The molecule has 4 bridgehead atoms. The summed E-state index contributed by atoms with van der Waals surface area (Å²) < 4.78 is 2.72. The molecule has 1 N–H and O–H groups in total. The van der Waals surface area contributed by atoms with Crippen molar-refractivity contribution < 1.29 is 0 Å². The van der Waals surface area contributed by atoms with Crippen LogP contribution in [0.1, 0.15) is 44.1 Å². The Labute approximate surface area is 217 Å². The lowest BCUT2D eigenvalue weighted by Gasteiger charge is -2.57. The molecular formula is C34H31NS. The zero-order chi connectivity index (χ0) is 23.7. The number of anilines is 2. The van der Waals surface area contributed by atoms with E-state index >= 15 is 0 Å². The van der Waals surface area contributed by atoms with Crippen LogP contribution in [0, 0.1) is 17.8 Å². The molecule has 36 heavy (non-hydrogen) atoms. The van der Waals surface area contributed by atoms with Gasteiger partial charge in [0.1, 0.15) is 0 Å². The van der Waals surface area contributed by atoms with Crippen LogP contribution < -0.4 is 5.32 Å². The number of nitrogens with one attached hydrogen (secondary N) is 1. The minimum Gasteiger partial charge on any atom is -0.356 e. The predicted molar refractivity (Wildman–Crippen MR) is 154 cm³/mol. The van der Waals surface area contributed by atoms with Gasteiger partial charge in [-0.3, -0.25) is 0 Å². The summed E-state index contributed by atoms with van der Waals surface area (Å²) in [5.74, 6) is 2.94. The van der Waals surface area contributed by atoms with Crippen LogP contribution in [-0.4, -0.2) is 0 Å². The Hall–Kier alpha value is -3.10. The molecule has 4 aliphatic carbocycles. The van der Waals surface area contributed by atoms with Crippen LogP contribution in [0.5, 0.6) is 0 Å². The van der Waals surface area contributed by atoms with Gasteiger partial charge in [-0.25, -0.2) is 0 Å². The molecule has 0 aliphatic heterocycles. The van der Waals surface area contributed by atoms with Gasteiger partial charge in [-0.05, 0) is 121 Å². The number of benzene rings is 4. The molecule has 4 saturated carbocycles. The number of rotatable bonds is 4. The maximum absolute atomic E-state index is 3.71. The van der Waals surface area contributed by atoms with Crippen LogP contribution in [0.25, 0.3) is 31.3 Å². The summed E-state index contributed by atoms with van der Waals surface area (Å²) in [7, 11) is 0. The molecule has 5 aromatic rings. The Kier molecular flexibility index (Phi) is 4.64. The van der Waals surface area contributed by atoms with Gasteiger partial charge in [0.2, 0.25) is 0 Å². The molecule has 4 aliphatic rings. The Morgan fingerprint density at radius 2 is 1.28 bits per heavy atom. The first-order valence-corrected chi connectivity index (χ1v) is 14.4. The molecular weight excluding hydrogens is 454 g/mol. The van der Waals surface area contributed by atoms with Crippen LogP contribution in [0.4, 0.5) is 11.4 Å². The number of hydrogen-bond donors (Lipinski definition) is 1. The molecule has 0 radical (unpaired) electrons. The van der Waals surface area contributed by atoms with E-state index in [0.717, 1.165) is 23.4 Å². The fourth-order valence-electron chi connectivity index (χ4n) is 8.21. The average molecular weight is 486 g/mol. The lowest BCUT2D eigenvalue weighted by molar-refractivity contribution is -0.00516. The minimum absolute atomic E-state index is 0.445. The molecule has 0 spiro atoms. The summed E-state index contributed by atoms with van der Waals surface area (Å²) in [4.78, 5) is 0. The number of hydrogen-bond acceptors (Lipinski definition) is 2. The van der Waals surface area contributed by atoms with Crippen molar-refractivity contribution in [1.29, 1.82) is 0 Å². The van der Waals surface area contributed by atoms with Gasteiger partial charge in [0.05, 0.1) is 0 Å². The average Bonchev–Trinajstić information content (AvgIpc) is 3.27. The van der Waals surface area contributed by atoms with Crippen LogP contribution in [0.15, 0.2) is 91.0 Å². The molecule has 9 rings (SSSR count). The van der Waals surface area contributed by atoms with Crippen molar-refractivity contribution >= 4 is 42.9 Å². The summed E-state index contributed by atoms with van der Waals surface area (Å²) in [6.45, 7) is 0. The van der Waals surface area contributed by atoms with Crippen molar-refractivity contribution in [1.82, 2.24) is 0 Å². The SMILES string of the molecule is c1cc(Nc2ccc(-c3ccc4sc5ccccc5c4c3)cc2)cc(C23CC4CC(CC(C4)C2)C3)c1. The second-order valence-electron chi connectivity index (χ2n) is 11.8. The lowest BCUT2D eigenvalue weighted by atomic mass is 9.48. The van der Waals surface area contributed by atoms with E-state index in [0.29, 0.717) is 5.41 Å². The molecule has 1 heterocycles. The van der Waals surface area contributed by atoms with Gasteiger partial charge in [-0.15, -0.1) is 11.3 Å². The maximum atomic E-state index is 3.71. The van der Waals surface area contributed by atoms with Crippen molar-refractivity contribution in [2.24, 2.45) is 17.8 Å². The number of thiophene rings is 1. The topological polar surface area (TPSA) is 12.0 Å². The zero-order valence-corrected chi connectivity index (χ0v) is 21.4. The van der Waals surface area contributed by atoms with Gasteiger partial charge >= 0.3 is 0 Å². The highest BCUT2D eigenvalue weighted by Crippen LogP contribution is 2.60. The largest absolute Gasteiger partial charge is 0.356 e. The van der Waals surface area contributed by atoms with Gasteiger partial charge in [-0.1, -0.05) is 48.5 Å². The van der Waals surface area contributed by atoms with E-state index < -0.39 is 0 Å². The van der Waals surface area contributed by atoms with Gasteiger partial charge < -0.3 is 5.32 Å². The highest BCUT2D eigenvalue weighted by atomic mass is 32.1. The van der Waals surface area contributed by atoms with Crippen LogP contribution in [-0.2, 0) is 5.41 Å².